The van der Waals surface area contributed by atoms with Gasteiger partial charge in [-0.05, 0) is 85.7 Å². The molecule has 2 saturated heterocycles. The summed E-state index contributed by atoms with van der Waals surface area (Å²) in [5, 5.41) is 19.8. The summed E-state index contributed by atoms with van der Waals surface area (Å²) in [7, 11) is -1.57. The highest BCUT2D eigenvalue weighted by Crippen LogP contribution is 2.37. The maximum absolute atomic E-state index is 13.4. The number of halogens is 4. The van der Waals surface area contributed by atoms with E-state index in [1.54, 1.807) is 28.6 Å². The van der Waals surface area contributed by atoms with Crippen LogP contribution in [-0.2, 0) is 44.1 Å². The van der Waals surface area contributed by atoms with Gasteiger partial charge in [-0.15, -0.1) is 32.9 Å². The first-order valence-corrected chi connectivity index (χ1v) is 24.1. The number of H-pyrrole nitrogens is 1. The Morgan fingerprint density at radius 2 is 1.18 bits per heavy atom. The van der Waals surface area contributed by atoms with Crippen LogP contribution < -0.4 is 20.1 Å². The molecule has 4 atom stereocenters. The maximum atomic E-state index is 13.4. The van der Waals surface area contributed by atoms with Gasteiger partial charge < -0.3 is 19.8 Å². The molecule has 65 heavy (non-hydrogen) atoms. The van der Waals surface area contributed by atoms with Crippen LogP contribution in [0.25, 0.3) is 21.4 Å². The fourth-order valence-corrected chi connectivity index (χ4v) is 12.0. The Kier molecular flexibility index (Phi) is 16.3. The SMILES string of the molecule is C.C.CN1C(C(=O)Nc2ccc(F)c(Cl)c2)CC(c2ccc(-c3n[nH]c(=S)n3C)s2)NS1(=O)=O.CN1C(C(=O)Nc2ccc(F)c(Cl)c2)CC(c2ccc(-c3nncn3C)s2)NS1(=O)=O. The van der Waals surface area contributed by atoms with E-state index in [1.807, 2.05) is 25.2 Å². The fourth-order valence-electron chi connectivity index (χ4n) is 6.59. The number of nitrogens with zero attached hydrogens (tertiary/aromatic N) is 7. The van der Waals surface area contributed by atoms with Gasteiger partial charge in [0.1, 0.15) is 30.0 Å². The summed E-state index contributed by atoms with van der Waals surface area (Å²) in [5.41, 5.74) is 0.546. The van der Waals surface area contributed by atoms with Crippen molar-refractivity contribution in [2.45, 2.75) is 51.9 Å². The quantitative estimate of drug-likeness (QED) is 0.0979. The number of hydrogen-bond donors (Lipinski definition) is 5. The fraction of sp³-hybridized carbons (Fsp3) is 0.316. The highest BCUT2D eigenvalue weighted by atomic mass is 35.5. The zero-order chi connectivity index (χ0) is 45.5. The summed E-state index contributed by atoms with van der Waals surface area (Å²) < 4.78 is 88.6. The van der Waals surface area contributed by atoms with Gasteiger partial charge in [0, 0.05) is 49.3 Å². The minimum Gasteiger partial charge on any atom is -0.325 e. The predicted octanol–water partition coefficient (Wildman–Crippen LogP) is 7.04. The lowest BCUT2D eigenvalue weighted by atomic mass is 10.1. The van der Waals surface area contributed by atoms with Crippen molar-refractivity contribution >= 4 is 102 Å². The molecular formula is C38H44Cl2F2N12O6S5. The molecule has 8 rings (SSSR count). The third-order valence-corrected chi connectivity index (χ3v) is 16.6. The lowest BCUT2D eigenvalue weighted by Crippen LogP contribution is -2.55. The zero-order valence-corrected chi connectivity index (χ0v) is 38.8. The Morgan fingerprint density at radius 3 is 1.57 bits per heavy atom. The van der Waals surface area contributed by atoms with Crippen molar-refractivity contribution in [1.29, 1.82) is 0 Å². The second kappa shape index (κ2) is 20.5. The molecule has 2 aliphatic rings. The summed E-state index contributed by atoms with van der Waals surface area (Å²) in [4.78, 5) is 28.9. The molecular weight excluding hydrogens is 990 g/mol. The van der Waals surface area contributed by atoms with Crippen LogP contribution in [0, 0.1) is 16.4 Å². The predicted molar refractivity (Wildman–Crippen MR) is 251 cm³/mol. The van der Waals surface area contributed by atoms with E-state index in [9.17, 15) is 35.2 Å². The largest absolute Gasteiger partial charge is 0.325 e. The van der Waals surface area contributed by atoms with E-state index in [0.29, 0.717) is 16.4 Å². The number of amides is 2. The van der Waals surface area contributed by atoms with Crippen molar-refractivity contribution in [2.24, 2.45) is 14.1 Å². The molecule has 4 unspecified atom stereocenters. The summed E-state index contributed by atoms with van der Waals surface area (Å²) in [6.07, 6.45) is 1.97. The van der Waals surface area contributed by atoms with Crippen LogP contribution in [0.4, 0.5) is 20.2 Å². The van der Waals surface area contributed by atoms with Gasteiger partial charge in [0.05, 0.1) is 31.9 Å². The molecule has 0 saturated carbocycles. The first kappa shape index (κ1) is 51.4. The molecule has 6 aromatic rings. The number of rotatable bonds is 8. The third-order valence-electron chi connectivity index (χ3n) is 10.1. The second-order valence-electron chi connectivity index (χ2n) is 14.2. The van der Waals surface area contributed by atoms with E-state index in [1.165, 1.54) is 61.0 Å². The van der Waals surface area contributed by atoms with E-state index >= 15 is 0 Å². The number of carbonyl (C=O) groups excluding carboxylic acids is 2. The molecule has 2 amide bonds. The van der Waals surface area contributed by atoms with Crippen molar-refractivity contribution < 1.29 is 35.2 Å². The number of hydrogen-bond acceptors (Lipinski definition) is 12. The van der Waals surface area contributed by atoms with Crippen LogP contribution in [0.15, 0.2) is 67.0 Å². The van der Waals surface area contributed by atoms with Crippen LogP contribution in [0.2, 0.25) is 10.0 Å². The molecule has 2 aliphatic heterocycles. The molecule has 0 aliphatic carbocycles. The molecule has 2 fully saturated rings. The lowest BCUT2D eigenvalue weighted by Gasteiger charge is -2.35. The van der Waals surface area contributed by atoms with Crippen molar-refractivity contribution in [3.63, 3.8) is 0 Å². The van der Waals surface area contributed by atoms with E-state index in [-0.39, 0.29) is 49.1 Å². The Bertz CT molecular complexity index is 3000. The van der Waals surface area contributed by atoms with E-state index in [0.717, 1.165) is 40.3 Å². The summed E-state index contributed by atoms with van der Waals surface area (Å²) >= 11 is 19.4. The van der Waals surface area contributed by atoms with Crippen molar-refractivity contribution in [3.05, 3.63) is 103 Å². The van der Waals surface area contributed by atoms with Crippen molar-refractivity contribution in [1.82, 2.24) is 47.6 Å². The Morgan fingerprint density at radius 1 is 0.738 bits per heavy atom. The molecule has 27 heteroatoms. The van der Waals surface area contributed by atoms with E-state index in [4.69, 9.17) is 35.4 Å². The van der Waals surface area contributed by atoms with Crippen LogP contribution in [0.1, 0.15) is 49.5 Å². The number of likely N-dealkylation sites (N-methyl/N-ethyl adjacent to an activating group) is 2. The number of thiophene rings is 2. The van der Waals surface area contributed by atoms with Gasteiger partial charge in [0.15, 0.2) is 16.4 Å². The normalized spacial score (nSPS) is 20.4. The molecule has 6 heterocycles. The average Bonchev–Trinajstić information content (AvgIpc) is 4.06. The highest BCUT2D eigenvalue weighted by Gasteiger charge is 2.42. The topological polar surface area (TPSA) is 221 Å². The number of carbonyl (C=O) groups is 2. The third kappa shape index (κ3) is 11.2. The molecule has 4 aromatic heterocycles. The molecule has 18 nitrogen and oxygen atoms in total. The Hall–Kier alpha value is -4.54. The minimum atomic E-state index is -3.92. The summed E-state index contributed by atoms with van der Waals surface area (Å²) in [6.45, 7) is 0. The molecule has 0 spiro atoms. The van der Waals surface area contributed by atoms with Crippen molar-refractivity contribution in [2.75, 3.05) is 24.7 Å². The Balaban J connectivity index is 0.000000237. The smallest absolute Gasteiger partial charge is 0.280 e. The van der Waals surface area contributed by atoms with E-state index < -0.39 is 68.0 Å². The van der Waals surface area contributed by atoms with Gasteiger partial charge in [-0.2, -0.15) is 40.0 Å². The number of aryl methyl sites for hydroxylation is 1. The van der Waals surface area contributed by atoms with Gasteiger partial charge in [-0.1, -0.05) is 38.1 Å². The summed E-state index contributed by atoms with van der Waals surface area (Å²) in [5.74, 6) is -1.02. The molecule has 0 radical (unpaired) electrons. The van der Waals surface area contributed by atoms with Crippen LogP contribution in [0.5, 0.6) is 0 Å². The highest BCUT2D eigenvalue weighted by molar-refractivity contribution is 7.87. The number of aromatic amines is 1. The Labute approximate surface area is 397 Å². The number of benzene rings is 2. The maximum Gasteiger partial charge on any atom is 0.280 e. The lowest BCUT2D eigenvalue weighted by molar-refractivity contribution is -0.120. The number of aromatic nitrogens is 6. The summed E-state index contributed by atoms with van der Waals surface area (Å²) in [6, 6.07) is 11.6. The molecule has 350 valence electrons. The van der Waals surface area contributed by atoms with E-state index in [2.05, 4.69) is 40.5 Å². The molecule has 0 bridgehead atoms. The van der Waals surface area contributed by atoms with Gasteiger partial charge in [-0.3, -0.25) is 14.7 Å². The van der Waals surface area contributed by atoms with Gasteiger partial charge in [-0.25, -0.2) is 8.78 Å². The monoisotopic (exact) mass is 1030 g/mol. The van der Waals surface area contributed by atoms with Crippen LogP contribution in [0.3, 0.4) is 0 Å². The first-order chi connectivity index (χ1) is 29.7. The second-order valence-corrected chi connectivity index (χ2v) is 21.2. The number of nitrogens with one attached hydrogen (secondary N) is 5. The first-order valence-electron chi connectivity index (χ1n) is 18.4. The van der Waals surface area contributed by atoms with Crippen molar-refractivity contribution in [3.8, 4) is 21.4 Å². The van der Waals surface area contributed by atoms with Gasteiger partial charge in [0.25, 0.3) is 20.4 Å². The van der Waals surface area contributed by atoms with Gasteiger partial charge in [0.2, 0.25) is 11.8 Å². The number of anilines is 2. The van der Waals surface area contributed by atoms with Crippen LogP contribution in [-0.4, -0.2) is 93.0 Å². The molecule has 5 N–H and O–H groups in total. The van der Waals surface area contributed by atoms with Gasteiger partial charge >= 0.3 is 0 Å². The molecule has 2 aromatic carbocycles. The van der Waals surface area contributed by atoms with Crippen LogP contribution >= 0.6 is 58.1 Å². The average molecular weight is 1030 g/mol. The minimum absolute atomic E-state index is 0. The zero-order valence-electron chi connectivity index (χ0n) is 33.2. The standard InChI is InChI=1S/C18H18ClFN6O3S3.C18H18ClFN6O3S2.2CH4/c1-25-16(22-23-18(25)30)15-6-5-14(31-15)12-8-13(26(2)32(28,29)24-12)17(27)21-9-3-4-11(20)10(19)7-9;1-25-9-21-23-17(25)16-6-5-15(30-16)13-8-14(26(2)31(28,29)24-13)18(27)22-10-3-4-12(20)11(19)7-10;;/h3-7,12-13,24H,8H2,1-2H3,(H,21,27)(H,23,30);3-7,9,13-14,24H,8H2,1-2H3,(H,22,27);2*1H4.